The number of phenolic OH excluding ortho intramolecular Hbond substituents is 2. The second-order valence-corrected chi connectivity index (χ2v) is 7.10. The van der Waals surface area contributed by atoms with Crippen LogP contribution in [0, 0.1) is 12.8 Å². The highest BCUT2D eigenvalue weighted by atomic mass is 16.6. The Labute approximate surface area is 162 Å². The van der Waals surface area contributed by atoms with Gasteiger partial charge in [-0.2, -0.15) is 0 Å². The maximum Gasteiger partial charge on any atom is 0.342 e. The second kappa shape index (κ2) is 7.16. The fraction of sp³-hybridized carbons (Fsp3) is 0.333. The maximum atomic E-state index is 12.7. The van der Waals surface area contributed by atoms with Crippen molar-refractivity contribution in [2.24, 2.45) is 5.92 Å². The smallest absolute Gasteiger partial charge is 0.342 e. The summed E-state index contributed by atoms with van der Waals surface area (Å²) in [4.78, 5) is 25.2. The van der Waals surface area contributed by atoms with Gasteiger partial charge in [0.25, 0.3) is 0 Å². The van der Waals surface area contributed by atoms with Crippen LogP contribution in [0.2, 0.25) is 0 Å². The molecule has 3 atom stereocenters. The number of rotatable bonds is 3. The average molecular weight is 386 g/mol. The van der Waals surface area contributed by atoms with E-state index in [0.29, 0.717) is 16.9 Å². The Hall–Kier alpha value is -3.06. The predicted octanol–water partition coefficient (Wildman–Crippen LogP) is 2.30. The number of aryl methyl sites for hydroxylation is 1. The van der Waals surface area contributed by atoms with Gasteiger partial charge in [-0.15, -0.1) is 0 Å². The van der Waals surface area contributed by atoms with Gasteiger partial charge in [0.15, 0.2) is 11.4 Å². The zero-order valence-corrected chi connectivity index (χ0v) is 15.8. The van der Waals surface area contributed by atoms with Crippen molar-refractivity contribution in [2.45, 2.75) is 32.5 Å². The molecule has 3 rings (SSSR count). The number of benzene rings is 1. The fourth-order valence-corrected chi connectivity index (χ4v) is 3.48. The summed E-state index contributed by atoms with van der Waals surface area (Å²) in [5.74, 6) is -2.12. The van der Waals surface area contributed by atoms with Crippen LogP contribution >= 0.6 is 0 Å². The lowest BCUT2D eigenvalue weighted by Gasteiger charge is -2.41. The van der Waals surface area contributed by atoms with Crippen LogP contribution in [0.4, 0.5) is 0 Å². The molecule has 7 heteroatoms. The first-order chi connectivity index (χ1) is 13.1. The van der Waals surface area contributed by atoms with Crippen molar-refractivity contribution in [2.75, 3.05) is 6.61 Å². The van der Waals surface area contributed by atoms with Crippen LogP contribution in [0.25, 0.3) is 0 Å². The van der Waals surface area contributed by atoms with Crippen LogP contribution in [0.15, 0.2) is 47.8 Å². The molecule has 0 amide bonds. The molecule has 1 aliphatic heterocycles. The third-order valence-corrected chi connectivity index (χ3v) is 4.95. The van der Waals surface area contributed by atoms with Crippen molar-refractivity contribution in [3.63, 3.8) is 0 Å². The third-order valence-electron chi connectivity index (χ3n) is 4.95. The van der Waals surface area contributed by atoms with E-state index in [9.17, 15) is 24.9 Å². The van der Waals surface area contributed by atoms with Crippen LogP contribution in [0.3, 0.4) is 0 Å². The molecule has 1 aliphatic carbocycles. The molecule has 28 heavy (non-hydrogen) atoms. The molecule has 0 radical (unpaired) electrons. The van der Waals surface area contributed by atoms with Crippen LogP contribution in [0.1, 0.15) is 29.8 Å². The molecule has 3 N–H and O–H groups in total. The van der Waals surface area contributed by atoms with Crippen molar-refractivity contribution in [1.29, 1.82) is 0 Å². The highest BCUT2D eigenvalue weighted by Gasteiger charge is 2.51. The van der Waals surface area contributed by atoms with Crippen molar-refractivity contribution in [1.82, 2.24) is 0 Å². The number of hydrogen-bond acceptors (Lipinski definition) is 7. The Bertz CT molecular complexity index is 898. The quantitative estimate of drug-likeness (QED) is 0.683. The minimum atomic E-state index is -1.94. The van der Waals surface area contributed by atoms with E-state index in [1.807, 2.05) is 6.92 Å². The Balaban J connectivity index is 1.96. The lowest BCUT2D eigenvalue weighted by molar-refractivity contribution is -0.151. The van der Waals surface area contributed by atoms with Gasteiger partial charge >= 0.3 is 5.97 Å². The Morgan fingerprint density at radius 2 is 2.04 bits per heavy atom. The van der Waals surface area contributed by atoms with Crippen LogP contribution < -0.4 is 0 Å². The minimum Gasteiger partial charge on any atom is -0.508 e. The van der Waals surface area contributed by atoms with Crippen LogP contribution in [-0.2, 0) is 14.3 Å². The second-order valence-electron chi connectivity index (χ2n) is 7.10. The number of ketones is 1. The zero-order valence-electron chi connectivity index (χ0n) is 15.8. The molecule has 1 aromatic rings. The standard InChI is InChI=1S/C21H22O7/c1-4-5-14-7-12-8-17(24)21(3,26)19(15(12)10-27-14)28-20(25)18-11(2)6-13(22)9-16(18)23/h4-9,15,19,22-23,26H,10H2,1-3H3/t15-,19+,21-/m0/s1. The Morgan fingerprint density at radius 3 is 2.68 bits per heavy atom. The number of aliphatic hydroxyl groups is 1. The first-order valence-electron chi connectivity index (χ1n) is 8.84. The molecule has 0 saturated heterocycles. The van der Waals surface area contributed by atoms with Gasteiger partial charge in [-0.25, -0.2) is 4.79 Å². The number of aromatic hydroxyl groups is 2. The number of carbonyl (C=O) groups is 2. The number of fused-ring (bicyclic) bond motifs is 1. The molecule has 7 nitrogen and oxygen atoms in total. The summed E-state index contributed by atoms with van der Waals surface area (Å²) in [6.45, 7) is 4.76. The minimum absolute atomic E-state index is 0.115. The lowest BCUT2D eigenvalue weighted by Crippen LogP contribution is -2.56. The predicted molar refractivity (Wildman–Crippen MR) is 99.8 cm³/mol. The molecular formula is C21H22O7. The van der Waals surface area contributed by atoms with Gasteiger partial charge < -0.3 is 24.8 Å². The summed E-state index contributed by atoms with van der Waals surface area (Å²) in [5, 5.41) is 30.3. The number of carbonyl (C=O) groups excluding carboxylic acids is 2. The van der Waals surface area contributed by atoms with Crippen molar-refractivity contribution < 1.29 is 34.4 Å². The highest BCUT2D eigenvalue weighted by Crippen LogP contribution is 2.38. The van der Waals surface area contributed by atoms with E-state index >= 15 is 0 Å². The van der Waals surface area contributed by atoms with E-state index < -0.39 is 35.1 Å². The molecule has 1 aromatic carbocycles. The summed E-state index contributed by atoms with van der Waals surface area (Å²) < 4.78 is 11.1. The number of esters is 1. The number of phenols is 2. The van der Waals surface area contributed by atoms with Gasteiger partial charge in [-0.3, -0.25) is 4.79 Å². The molecule has 1 heterocycles. The van der Waals surface area contributed by atoms with Crippen molar-refractivity contribution >= 4 is 11.8 Å². The van der Waals surface area contributed by atoms with Gasteiger partial charge in [0.2, 0.25) is 0 Å². The maximum absolute atomic E-state index is 12.7. The van der Waals surface area contributed by atoms with E-state index in [1.54, 1.807) is 18.2 Å². The van der Waals surface area contributed by atoms with Gasteiger partial charge in [-0.05, 0) is 56.2 Å². The van der Waals surface area contributed by atoms with Gasteiger partial charge in [0.05, 0.1) is 12.5 Å². The molecule has 0 spiro atoms. The van der Waals surface area contributed by atoms with Crippen molar-refractivity contribution in [3.05, 3.63) is 58.9 Å². The zero-order chi connectivity index (χ0) is 20.6. The number of hydrogen-bond donors (Lipinski definition) is 3. The number of allylic oxidation sites excluding steroid dienone is 3. The van der Waals surface area contributed by atoms with E-state index in [4.69, 9.17) is 9.47 Å². The topological polar surface area (TPSA) is 113 Å². The molecule has 148 valence electrons. The Kier molecular flexibility index (Phi) is 5.04. The van der Waals surface area contributed by atoms with E-state index in [0.717, 1.165) is 6.07 Å². The molecule has 0 aromatic heterocycles. The van der Waals surface area contributed by atoms with E-state index in [2.05, 4.69) is 0 Å². The molecule has 0 fully saturated rings. The summed E-state index contributed by atoms with van der Waals surface area (Å²) in [5.41, 5.74) is -1.19. The molecule has 2 aliphatic rings. The monoisotopic (exact) mass is 386 g/mol. The molecule has 0 saturated carbocycles. The van der Waals surface area contributed by atoms with Crippen molar-refractivity contribution in [3.8, 4) is 11.5 Å². The average Bonchev–Trinajstić information content (AvgIpc) is 2.58. The Morgan fingerprint density at radius 1 is 1.32 bits per heavy atom. The highest BCUT2D eigenvalue weighted by molar-refractivity contribution is 6.00. The first-order valence-corrected chi connectivity index (χ1v) is 8.84. The van der Waals surface area contributed by atoms with Gasteiger partial charge in [0, 0.05) is 6.07 Å². The summed E-state index contributed by atoms with van der Waals surface area (Å²) in [6, 6.07) is 2.33. The SMILES string of the molecule is CC=CC1=CC2=CC(=O)[C@](C)(O)[C@H](OC(=O)c3c(C)cc(O)cc3O)[C@H]2CO1. The van der Waals surface area contributed by atoms with E-state index in [-0.39, 0.29) is 17.9 Å². The van der Waals surface area contributed by atoms with E-state index in [1.165, 1.54) is 26.0 Å². The van der Waals surface area contributed by atoms with Crippen LogP contribution in [0.5, 0.6) is 11.5 Å². The van der Waals surface area contributed by atoms with Gasteiger partial charge in [-0.1, -0.05) is 6.08 Å². The van der Waals surface area contributed by atoms with Crippen LogP contribution in [-0.4, -0.2) is 45.4 Å². The molecule has 0 bridgehead atoms. The normalized spacial score (nSPS) is 26.9. The summed E-state index contributed by atoms with van der Waals surface area (Å²) >= 11 is 0. The summed E-state index contributed by atoms with van der Waals surface area (Å²) in [7, 11) is 0. The third kappa shape index (κ3) is 3.41. The lowest BCUT2D eigenvalue weighted by atomic mass is 9.75. The molecule has 0 unspecified atom stereocenters. The fourth-order valence-electron chi connectivity index (χ4n) is 3.48. The first kappa shape index (κ1) is 19.7. The largest absolute Gasteiger partial charge is 0.508 e. The molecular weight excluding hydrogens is 364 g/mol. The number of ether oxygens (including phenoxy) is 2. The van der Waals surface area contributed by atoms with Gasteiger partial charge in [0.1, 0.15) is 28.9 Å². The summed E-state index contributed by atoms with van der Waals surface area (Å²) in [6.07, 6.45) is 5.34.